The molecule has 1 aliphatic heterocycles. The second-order valence-electron chi connectivity index (χ2n) is 14.7. The van der Waals surface area contributed by atoms with Crippen LogP contribution in [0, 0.1) is 55.4 Å². The maximum Gasteiger partial charge on any atom is 0.134 e. The van der Waals surface area contributed by atoms with Crippen molar-refractivity contribution in [1.29, 1.82) is 0 Å². The van der Waals surface area contributed by atoms with Gasteiger partial charge in [0.2, 0.25) is 0 Å². The summed E-state index contributed by atoms with van der Waals surface area (Å²) in [7, 11) is 5.57. The summed E-state index contributed by atoms with van der Waals surface area (Å²) in [5, 5.41) is 1.32. The number of carbonyl (C=O) groups excluding carboxylic acids is 1. The number of Topliss-reactive ketones (excluding diaryl/α,β-unsaturated/α-hetero) is 1. The van der Waals surface area contributed by atoms with Gasteiger partial charge in [0.15, 0.2) is 0 Å². The van der Waals surface area contributed by atoms with Gasteiger partial charge >= 0.3 is 0 Å². The number of carbonyl (C=O) groups is 1. The van der Waals surface area contributed by atoms with Crippen molar-refractivity contribution in [2.45, 2.75) is 79.5 Å². The van der Waals surface area contributed by atoms with Crippen LogP contribution in [0.5, 0.6) is 23.0 Å². The third-order valence-corrected chi connectivity index (χ3v) is 14.9. The first-order valence-corrected chi connectivity index (χ1v) is 19.8. The van der Waals surface area contributed by atoms with E-state index < -0.39 is 7.92 Å². The van der Waals surface area contributed by atoms with Gasteiger partial charge in [-0.1, -0.05) is 38.3 Å². The molecule has 2 atom stereocenters. The molecular formula is C47H53O5P. The molecule has 0 spiro atoms. The summed E-state index contributed by atoms with van der Waals surface area (Å²) in [5.74, 6) is 3.08. The Morgan fingerprint density at radius 2 is 0.811 bits per heavy atom. The molecule has 5 aromatic carbocycles. The van der Waals surface area contributed by atoms with E-state index in [1.54, 1.807) is 28.4 Å². The first-order valence-electron chi connectivity index (χ1n) is 18.4. The SMILES string of the molecule is COc1cc(OC)cc(C2CC(=O)CC(c3cc(OC)cc(OC)c3)P2c2c(-c3c(C)c(C)cc(C)c3C)cccc2-c2c(C)c(C)cc(C)c2C)c1. The Morgan fingerprint density at radius 1 is 0.491 bits per heavy atom. The predicted molar refractivity (Wildman–Crippen MR) is 221 cm³/mol. The van der Waals surface area contributed by atoms with Gasteiger partial charge in [-0.05, 0) is 163 Å². The molecule has 0 radical (unpaired) electrons. The minimum absolute atomic E-state index is 0.129. The molecule has 0 saturated carbocycles. The fourth-order valence-corrected chi connectivity index (χ4v) is 12.0. The van der Waals surface area contributed by atoms with E-state index in [0.29, 0.717) is 35.8 Å². The van der Waals surface area contributed by atoms with Crippen LogP contribution in [-0.2, 0) is 4.79 Å². The van der Waals surface area contributed by atoms with Crippen molar-refractivity contribution in [3.05, 3.63) is 122 Å². The summed E-state index contributed by atoms with van der Waals surface area (Å²) in [5.41, 5.74) is 17.1. The van der Waals surface area contributed by atoms with Crippen molar-refractivity contribution in [3.8, 4) is 45.3 Å². The average Bonchev–Trinajstić information content (AvgIpc) is 3.16. The van der Waals surface area contributed by atoms with Gasteiger partial charge in [-0.25, -0.2) is 0 Å². The van der Waals surface area contributed by atoms with Crippen molar-refractivity contribution in [1.82, 2.24) is 0 Å². The van der Waals surface area contributed by atoms with Crippen molar-refractivity contribution in [3.63, 3.8) is 0 Å². The summed E-state index contributed by atoms with van der Waals surface area (Å²) in [4.78, 5) is 14.2. The van der Waals surface area contributed by atoms with Crippen LogP contribution in [0.25, 0.3) is 22.3 Å². The highest BCUT2D eigenvalue weighted by Gasteiger charge is 2.43. The normalized spacial score (nSPS) is 17.1. The first kappa shape index (κ1) is 38.1. The molecule has 53 heavy (non-hydrogen) atoms. The van der Waals surface area contributed by atoms with Crippen LogP contribution in [0.1, 0.15) is 79.8 Å². The van der Waals surface area contributed by atoms with Crippen molar-refractivity contribution in [2.24, 2.45) is 0 Å². The van der Waals surface area contributed by atoms with Crippen molar-refractivity contribution >= 4 is 19.0 Å². The molecule has 0 amide bonds. The minimum atomic E-state index is -1.16. The Hall–Kier alpha value is -4.60. The summed E-state index contributed by atoms with van der Waals surface area (Å²) >= 11 is 0. The smallest absolute Gasteiger partial charge is 0.134 e. The van der Waals surface area contributed by atoms with Crippen LogP contribution in [0.4, 0.5) is 0 Å². The van der Waals surface area contributed by atoms with Crippen LogP contribution in [0.2, 0.25) is 0 Å². The summed E-state index contributed by atoms with van der Waals surface area (Å²) in [6.07, 6.45) is 0.839. The molecule has 276 valence electrons. The average molecular weight is 729 g/mol. The summed E-state index contributed by atoms with van der Waals surface area (Å²) < 4.78 is 23.4. The summed E-state index contributed by atoms with van der Waals surface area (Å²) in [6.45, 7) is 17.9. The van der Waals surface area contributed by atoms with E-state index >= 15 is 0 Å². The zero-order valence-corrected chi connectivity index (χ0v) is 34.3. The largest absolute Gasteiger partial charge is 0.497 e. The first-order chi connectivity index (χ1) is 25.3. The molecule has 0 aliphatic carbocycles. The Labute approximate surface area is 317 Å². The molecule has 5 nitrogen and oxygen atoms in total. The van der Waals surface area contributed by atoms with E-state index in [1.165, 1.54) is 72.1 Å². The van der Waals surface area contributed by atoms with E-state index in [1.807, 2.05) is 12.1 Å². The van der Waals surface area contributed by atoms with Crippen molar-refractivity contribution in [2.75, 3.05) is 28.4 Å². The second kappa shape index (κ2) is 15.4. The number of rotatable bonds is 9. The highest BCUT2D eigenvalue weighted by molar-refractivity contribution is 7.67. The van der Waals surface area contributed by atoms with Gasteiger partial charge in [0.1, 0.15) is 28.8 Å². The maximum absolute atomic E-state index is 14.2. The lowest BCUT2D eigenvalue weighted by molar-refractivity contribution is -0.119. The fourth-order valence-electron chi connectivity index (χ4n) is 8.31. The second-order valence-corrected chi connectivity index (χ2v) is 17.2. The molecule has 0 bridgehead atoms. The fraction of sp³-hybridized carbons (Fsp3) is 0.340. The zero-order chi connectivity index (χ0) is 38.3. The van der Waals surface area contributed by atoms with Gasteiger partial charge < -0.3 is 18.9 Å². The van der Waals surface area contributed by atoms with Crippen LogP contribution >= 0.6 is 7.92 Å². The standard InChI is InChI=1S/C47H53O5P/c1-26-16-27(2)31(6)45(30(26)5)41-14-13-15-42(46-32(7)28(3)17-29(4)33(46)8)47(41)53-43(34-18-37(49-9)24-38(19-34)50-10)22-36(48)23-44(53)35-20-39(51-11)25-40(21-35)52-12/h13-21,24-25,43-44H,22-23H2,1-12H3. The van der Waals surface area contributed by atoms with Gasteiger partial charge in [0, 0.05) is 36.3 Å². The summed E-state index contributed by atoms with van der Waals surface area (Å²) in [6, 6.07) is 23.7. The monoisotopic (exact) mass is 728 g/mol. The van der Waals surface area contributed by atoms with Gasteiger partial charge in [-0.3, -0.25) is 4.79 Å². The lowest BCUT2D eigenvalue weighted by Gasteiger charge is -2.42. The van der Waals surface area contributed by atoms with Gasteiger partial charge in [0.25, 0.3) is 0 Å². The number of ether oxygens (including phenoxy) is 4. The third-order valence-electron chi connectivity index (χ3n) is 11.6. The van der Waals surface area contributed by atoms with Gasteiger partial charge in [-0.2, -0.15) is 0 Å². The molecule has 0 aromatic heterocycles. The number of aryl methyl sites for hydroxylation is 4. The molecule has 6 rings (SSSR count). The van der Waals surface area contributed by atoms with Crippen LogP contribution in [0.15, 0.2) is 66.7 Å². The number of ketones is 1. The zero-order valence-electron chi connectivity index (χ0n) is 33.4. The van der Waals surface area contributed by atoms with Gasteiger partial charge in [-0.15, -0.1) is 0 Å². The Kier molecular flexibility index (Phi) is 11.1. The molecular weight excluding hydrogens is 675 g/mol. The number of benzene rings is 5. The molecule has 0 N–H and O–H groups in total. The van der Waals surface area contributed by atoms with E-state index in [0.717, 1.165) is 11.1 Å². The lowest BCUT2D eigenvalue weighted by Crippen LogP contribution is -2.26. The van der Waals surface area contributed by atoms with Crippen LogP contribution in [-0.4, -0.2) is 34.2 Å². The topological polar surface area (TPSA) is 54.0 Å². The molecule has 1 heterocycles. The van der Waals surface area contributed by atoms with E-state index in [9.17, 15) is 4.79 Å². The van der Waals surface area contributed by atoms with Crippen molar-refractivity contribution < 1.29 is 23.7 Å². The third kappa shape index (κ3) is 7.09. The lowest BCUT2D eigenvalue weighted by atomic mass is 9.85. The van der Waals surface area contributed by atoms with Crippen LogP contribution < -0.4 is 24.3 Å². The van der Waals surface area contributed by atoms with Gasteiger partial charge in [0.05, 0.1) is 28.4 Å². The Balaban J connectivity index is 1.82. The molecule has 2 unspecified atom stereocenters. The number of methoxy groups -OCH3 is 4. The van der Waals surface area contributed by atoms with E-state index in [2.05, 4.69) is 110 Å². The molecule has 1 saturated heterocycles. The molecule has 1 aliphatic rings. The molecule has 6 heteroatoms. The molecule has 5 aromatic rings. The molecule has 1 fully saturated rings. The Morgan fingerprint density at radius 3 is 1.11 bits per heavy atom. The number of hydrogen-bond acceptors (Lipinski definition) is 5. The highest BCUT2D eigenvalue weighted by Crippen LogP contribution is 2.69. The highest BCUT2D eigenvalue weighted by atomic mass is 31.1. The minimum Gasteiger partial charge on any atom is -0.497 e. The quantitative estimate of drug-likeness (QED) is 0.141. The van der Waals surface area contributed by atoms with E-state index in [-0.39, 0.29) is 17.1 Å². The van der Waals surface area contributed by atoms with Crippen LogP contribution in [0.3, 0.4) is 0 Å². The van der Waals surface area contributed by atoms with E-state index in [4.69, 9.17) is 18.9 Å². The number of hydrogen-bond donors (Lipinski definition) is 0. The Bertz CT molecular complexity index is 1970. The maximum atomic E-state index is 14.2. The predicted octanol–water partition coefficient (Wildman–Crippen LogP) is 11.5.